The minimum atomic E-state index is -3.69. The average molecular weight is 843 g/mol. The van der Waals surface area contributed by atoms with E-state index in [1.54, 1.807) is 36.7 Å². The fourth-order valence-electron chi connectivity index (χ4n) is 8.42. The van der Waals surface area contributed by atoms with Gasteiger partial charge in [0.05, 0.1) is 27.2 Å². The Labute approximate surface area is 358 Å². The Morgan fingerprint density at radius 3 is 2.08 bits per heavy atom. The molecule has 1 aliphatic heterocycles. The van der Waals surface area contributed by atoms with Crippen molar-refractivity contribution in [1.29, 1.82) is 0 Å². The molecule has 3 aromatic carbocycles. The van der Waals surface area contributed by atoms with E-state index in [0.29, 0.717) is 17.2 Å². The quantitative estimate of drug-likeness (QED) is 0.137. The Morgan fingerprint density at radius 1 is 0.767 bits per heavy atom. The number of aromatic nitrogens is 6. The van der Waals surface area contributed by atoms with Crippen molar-refractivity contribution < 1.29 is 17.7 Å². The molecule has 0 amide bonds. The summed E-state index contributed by atoms with van der Waals surface area (Å²) in [6.07, 6.45) is 13.8. The maximum Gasteiger partial charge on any atom is 0.494 e. The van der Waals surface area contributed by atoms with E-state index in [9.17, 15) is 8.42 Å². The number of hydrogen-bond donors (Lipinski definition) is 1. The summed E-state index contributed by atoms with van der Waals surface area (Å²) < 4.78 is 38.6. The molecular formula is C47H52BClN6O4S. The number of nitrogens with zero attached hydrogens (tertiary/aromatic N) is 5. The van der Waals surface area contributed by atoms with E-state index >= 15 is 0 Å². The number of H-pyrrole nitrogens is 1. The van der Waals surface area contributed by atoms with Gasteiger partial charge in [-0.1, -0.05) is 73.5 Å². The van der Waals surface area contributed by atoms with E-state index in [-0.39, 0.29) is 34.0 Å². The number of rotatable bonds is 4. The van der Waals surface area contributed by atoms with Crippen LogP contribution in [0, 0.1) is 6.92 Å². The maximum absolute atomic E-state index is 12.6. The molecule has 2 unspecified atom stereocenters. The van der Waals surface area contributed by atoms with Crippen molar-refractivity contribution in [3.63, 3.8) is 0 Å². The molecule has 4 aromatic heterocycles. The van der Waals surface area contributed by atoms with Gasteiger partial charge in [0.1, 0.15) is 23.5 Å². The highest BCUT2D eigenvalue weighted by Gasteiger charge is 2.51. The number of nitrogens with one attached hydrogen (secondary N) is 1. The Hall–Kier alpha value is -4.88. The molecule has 10 nitrogen and oxygen atoms in total. The maximum atomic E-state index is 12.6. The second kappa shape index (κ2) is 16.5. The topological polar surface area (TPSA) is 125 Å². The molecule has 10 rings (SSSR count). The molecule has 13 heteroatoms. The second-order valence-corrected chi connectivity index (χ2v) is 19.5. The Kier molecular flexibility index (Phi) is 11.5. The van der Waals surface area contributed by atoms with Crippen LogP contribution in [0.1, 0.15) is 107 Å². The van der Waals surface area contributed by atoms with Crippen LogP contribution in [-0.4, -0.2) is 55.6 Å². The summed E-state index contributed by atoms with van der Waals surface area (Å²) >= 11 is 5.93. The van der Waals surface area contributed by atoms with E-state index in [0.717, 1.165) is 31.7 Å². The molecule has 60 heavy (non-hydrogen) atoms. The SMILES string of the molecule is CC1CCCc2cc(-c3ncnc4[nH]ccc34)ccc21.CC1CCCc2cc(B3OC(C)(C)C(C)(C)O3)ccc21.Cc1ccc(S(=O)(=O)n2ccc3c(Cl)ncnc32)cc1. The first-order valence-corrected chi connectivity index (χ1v) is 22.6. The molecule has 310 valence electrons. The van der Waals surface area contributed by atoms with Gasteiger partial charge in [0, 0.05) is 23.3 Å². The predicted octanol–water partition coefficient (Wildman–Crippen LogP) is 10.1. The first kappa shape index (κ1) is 41.8. The van der Waals surface area contributed by atoms with Gasteiger partial charge in [-0.25, -0.2) is 32.3 Å². The van der Waals surface area contributed by atoms with Gasteiger partial charge in [-0.2, -0.15) is 0 Å². The molecule has 1 fully saturated rings. The summed E-state index contributed by atoms with van der Waals surface area (Å²) in [5.74, 6) is 1.37. The van der Waals surface area contributed by atoms with Crippen molar-refractivity contribution >= 4 is 56.3 Å². The Bertz CT molecular complexity index is 2770. The van der Waals surface area contributed by atoms with Crippen LogP contribution in [-0.2, 0) is 32.2 Å². The van der Waals surface area contributed by atoms with Gasteiger partial charge in [-0.05, 0) is 143 Å². The lowest BCUT2D eigenvalue weighted by Crippen LogP contribution is -2.41. The minimum absolute atomic E-state index is 0.204. The lowest BCUT2D eigenvalue weighted by Gasteiger charge is -2.32. The highest BCUT2D eigenvalue weighted by molar-refractivity contribution is 7.90. The van der Waals surface area contributed by atoms with E-state index < -0.39 is 10.0 Å². The van der Waals surface area contributed by atoms with Crippen molar-refractivity contribution in [3.8, 4) is 11.3 Å². The predicted molar refractivity (Wildman–Crippen MR) is 240 cm³/mol. The minimum Gasteiger partial charge on any atom is -0.399 e. The first-order chi connectivity index (χ1) is 28.6. The zero-order chi connectivity index (χ0) is 42.4. The molecule has 0 saturated carbocycles. The molecule has 5 heterocycles. The number of aryl methyl sites for hydroxylation is 3. The Morgan fingerprint density at radius 2 is 1.40 bits per heavy atom. The standard InChI is InChI=1S/C17H25BO2.C17H17N3.C13H10ClN3O2S/c1-12-7-6-8-13-11-14(9-10-15(12)13)18-19-16(2,3)17(4,5)20-18;1-11-3-2-4-12-9-13(5-6-14(11)12)16-15-7-8-18-17(15)20-10-19-16;1-9-2-4-10(5-3-9)20(18,19)17-7-6-11-12(14)15-8-16-13(11)17/h9-12H,6-8H2,1-5H3;5-11H,2-4H2,1H3,(H,18,19,20);2-8H,1H3. The normalized spacial score (nSPS) is 19.2. The number of fused-ring (bicyclic) bond motifs is 4. The van der Waals surface area contributed by atoms with Crippen molar-refractivity contribution in [2.45, 2.75) is 115 Å². The summed E-state index contributed by atoms with van der Waals surface area (Å²) in [5.41, 5.74) is 11.0. The van der Waals surface area contributed by atoms with Crippen LogP contribution in [0.5, 0.6) is 0 Å². The van der Waals surface area contributed by atoms with Crippen LogP contribution in [0.2, 0.25) is 5.15 Å². The van der Waals surface area contributed by atoms with E-state index in [4.69, 9.17) is 20.9 Å². The fourth-order valence-corrected chi connectivity index (χ4v) is 9.92. The number of benzene rings is 3. The van der Waals surface area contributed by atoms with Crippen molar-refractivity contribution in [2.75, 3.05) is 0 Å². The van der Waals surface area contributed by atoms with Crippen molar-refractivity contribution in [1.82, 2.24) is 28.9 Å². The van der Waals surface area contributed by atoms with Crippen LogP contribution in [0.4, 0.5) is 0 Å². The number of aromatic amines is 1. The van der Waals surface area contributed by atoms with Crippen LogP contribution >= 0.6 is 11.6 Å². The van der Waals surface area contributed by atoms with Gasteiger partial charge in [-0.15, -0.1) is 0 Å². The summed E-state index contributed by atoms with van der Waals surface area (Å²) in [5, 5.41) is 1.83. The van der Waals surface area contributed by atoms with Crippen LogP contribution in [0.25, 0.3) is 33.3 Å². The van der Waals surface area contributed by atoms with E-state index in [1.807, 2.05) is 19.2 Å². The third-order valence-corrected chi connectivity index (χ3v) is 14.7. The van der Waals surface area contributed by atoms with Crippen LogP contribution in [0.3, 0.4) is 0 Å². The summed E-state index contributed by atoms with van der Waals surface area (Å²) in [4.78, 5) is 19.9. The summed E-state index contributed by atoms with van der Waals surface area (Å²) in [7, 11) is -3.92. The first-order valence-electron chi connectivity index (χ1n) is 20.8. The molecule has 3 aliphatic rings. The molecule has 0 bridgehead atoms. The Balaban J connectivity index is 0.000000125. The molecular weight excluding hydrogens is 791 g/mol. The van der Waals surface area contributed by atoms with Gasteiger partial charge in [0.2, 0.25) is 0 Å². The number of halogens is 1. The zero-order valence-corrected chi connectivity index (χ0v) is 36.9. The van der Waals surface area contributed by atoms with Gasteiger partial charge >= 0.3 is 7.12 Å². The smallest absolute Gasteiger partial charge is 0.399 e. The highest BCUT2D eigenvalue weighted by atomic mass is 35.5. The molecule has 1 saturated heterocycles. The van der Waals surface area contributed by atoms with Gasteiger partial charge < -0.3 is 14.3 Å². The summed E-state index contributed by atoms with van der Waals surface area (Å²) in [6, 6.07) is 23.8. The molecule has 7 aromatic rings. The lowest BCUT2D eigenvalue weighted by atomic mass is 9.74. The average Bonchev–Trinajstić information content (AvgIpc) is 3.95. The second-order valence-electron chi connectivity index (χ2n) is 17.3. The van der Waals surface area contributed by atoms with Crippen molar-refractivity contribution in [3.05, 3.63) is 131 Å². The monoisotopic (exact) mass is 842 g/mol. The van der Waals surface area contributed by atoms with Crippen molar-refractivity contribution in [2.24, 2.45) is 0 Å². The third kappa shape index (κ3) is 8.14. The molecule has 2 atom stereocenters. The van der Waals surface area contributed by atoms with Gasteiger partial charge in [-0.3, -0.25) is 0 Å². The van der Waals surface area contributed by atoms with E-state index in [2.05, 4.69) is 103 Å². The van der Waals surface area contributed by atoms with Crippen LogP contribution in [0.15, 0.2) is 103 Å². The zero-order valence-electron chi connectivity index (χ0n) is 35.4. The van der Waals surface area contributed by atoms with Gasteiger partial charge in [0.25, 0.3) is 10.0 Å². The highest BCUT2D eigenvalue weighted by Crippen LogP contribution is 2.38. The van der Waals surface area contributed by atoms with Crippen LogP contribution < -0.4 is 5.46 Å². The van der Waals surface area contributed by atoms with E-state index in [1.165, 1.54) is 78.9 Å². The fraction of sp³-hybridized carbons (Fsp3) is 0.362. The largest absolute Gasteiger partial charge is 0.494 e. The molecule has 0 spiro atoms. The lowest BCUT2D eigenvalue weighted by molar-refractivity contribution is 0.00578. The molecule has 2 aliphatic carbocycles. The number of hydrogen-bond acceptors (Lipinski definition) is 8. The third-order valence-electron chi connectivity index (χ3n) is 12.7. The summed E-state index contributed by atoms with van der Waals surface area (Å²) in [6.45, 7) is 15.0. The molecule has 1 N–H and O–H groups in total. The molecule has 0 radical (unpaired) electrons. The van der Waals surface area contributed by atoms with Gasteiger partial charge in [0.15, 0.2) is 5.65 Å².